The molecule has 0 radical (unpaired) electrons. The van der Waals surface area contributed by atoms with Crippen molar-refractivity contribution in [2.75, 3.05) is 0 Å². The molecule has 4 heteroatoms. The number of nitrogens with zero attached hydrogens (tertiary/aromatic N) is 1. The van der Waals surface area contributed by atoms with Gasteiger partial charge in [0.1, 0.15) is 0 Å². The van der Waals surface area contributed by atoms with E-state index in [9.17, 15) is 0 Å². The minimum absolute atomic E-state index is 0.0698. The lowest BCUT2D eigenvalue weighted by atomic mass is 9.80. The molecule has 2 unspecified atom stereocenters. The maximum absolute atomic E-state index is 8.80. The Morgan fingerprint density at radius 1 is 1.33 bits per heavy atom. The number of alkyl halides is 2. The zero-order chi connectivity index (χ0) is 9.19. The van der Waals surface area contributed by atoms with Gasteiger partial charge < -0.3 is 0 Å². The predicted octanol–water partition coefficient (Wildman–Crippen LogP) is 2.41. The summed E-state index contributed by atoms with van der Waals surface area (Å²) in [6.07, 6.45) is 3.89. The molecule has 1 aliphatic carbocycles. The van der Waals surface area contributed by atoms with Gasteiger partial charge in [-0.15, -0.1) is 0 Å². The lowest BCUT2D eigenvalue weighted by Gasteiger charge is -2.33. The first-order valence-electron chi connectivity index (χ1n) is 4.12. The highest BCUT2D eigenvalue weighted by molar-refractivity contribution is 6.48. The minimum Gasteiger partial charge on any atom is -0.300 e. The molecule has 0 amide bonds. The van der Waals surface area contributed by atoms with Crippen LogP contribution in [0, 0.1) is 23.2 Å². The fourth-order valence-electron chi connectivity index (χ4n) is 1.75. The van der Waals surface area contributed by atoms with Gasteiger partial charge >= 0.3 is 0 Å². The van der Waals surface area contributed by atoms with Gasteiger partial charge in [0.2, 0.25) is 0 Å². The second-order valence-electron chi connectivity index (χ2n) is 3.30. The van der Waals surface area contributed by atoms with Crippen molar-refractivity contribution in [1.82, 2.24) is 0 Å². The van der Waals surface area contributed by atoms with Crippen LogP contribution in [0.1, 0.15) is 25.7 Å². The summed E-state index contributed by atoms with van der Waals surface area (Å²) in [5.41, 5.74) is 5.56. The van der Waals surface area contributed by atoms with Crippen LogP contribution in [0.5, 0.6) is 0 Å². The highest BCUT2D eigenvalue weighted by atomic mass is 35.5. The summed E-state index contributed by atoms with van der Waals surface area (Å²) in [5, 5.41) is 8.80. The van der Waals surface area contributed by atoms with E-state index in [4.69, 9.17) is 34.2 Å². The minimum atomic E-state index is -1.24. The van der Waals surface area contributed by atoms with Crippen molar-refractivity contribution in [3.8, 4) is 6.07 Å². The molecule has 2 N–H and O–H groups in total. The fraction of sp³-hybridized carbons (Fsp3) is 0.875. The van der Waals surface area contributed by atoms with Crippen molar-refractivity contribution >= 4 is 23.2 Å². The van der Waals surface area contributed by atoms with E-state index in [0.29, 0.717) is 0 Å². The SMILES string of the molecule is N#CC1CCCCC1C(N)(Cl)Cl. The van der Waals surface area contributed by atoms with Crippen molar-refractivity contribution < 1.29 is 0 Å². The molecule has 2 atom stereocenters. The third-order valence-electron chi connectivity index (χ3n) is 2.43. The van der Waals surface area contributed by atoms with Gasteiger partial charge in [-0.1, -0.05) is 36.0 Å². The number of nitrogens with two attached hydrogens (primary N) is 1. The van der Waals surface area contributed by atoms with Gasteiger partial charge in [-0.05, 0) is 12.8 Å². The first-order chi connectivity index (χ1) is 5.55. The number of rotatable bonds is 1. The van der Waals surface area contributed by atoms with E-state index in [2.05, 4.69) is 6.07 Å². The highest BCUT2D eigenvalue weighted by Crippen LogP contribution is 2.39. The second-order valence-corrected chi connectivity index (χ2v) is 4.75. The third kappa shape index (κ3) is 2.26. The van der Waals surface area contributed by atoms with Crippen LogP contribution in [-0.2, 0) is 0 Å². The number of hydrogen-bond acceptors (Lipinski definition) is 2. The van der Waals surface area contributed by atoms with Crippen LogP contribution in [0.3, 0.4) is 0 Å². The molecule has 12 heavy (non-hydrogen) atoms. The van der Waals surface area contributed by atoms with Crippen molar-refractivity contribution in [3.63, 3.8) is 0 Å². The lowest BCUT2D eigenvalue weighted by molar-refractivity contribution is 0.265. The molecule has 1 rings (SSSR count). The van der Waals surface area contributed by atoms with Crippen LogP contribution in [0.4, 0.5) is 0 Å². The summed E-state index contributed by atoms with van der Waals surface area (Å²) in [4.78, 5) is 0. The van der Waals surface area contributed by atoms with Gasteiger partial charge in [-0.3, -0.25) is 5.73 Å². The first kappa shape index (κ1) is 10.1. The Morgan fingerprint density at radius 3 is 2.33 bits per heavy atom. The Morgan fingerprint density at radius 2 is 1.92 bits per heavy atom. The van der Waals surface area contributed by atoms with Gasteiger partial charge in [0.15, 0.2) is 4.46 Å². The largest absolute Gasteiger partial charge is 0.300 e. The zero-order valence-corrected chi connectivity index (χ0v) is 8.28. The van der Waals surface area contributed by atoms with Crippen LogP contribution in [0.2, 0.25) is 0 Å². The van der Waals surface area contributed by atoms with Crippen molar-refractivity contribution in [2.45, 2.75) is 30.1 Å². The lowest BCUT2D eigenvalue weighted by Crippen LogP contribution is -2.41. The van der Waals surface area contributed by atoms with Gasteiger partial charge in [0, 0.05) is 5.92 Å². The Bertz CT molecular complexity index is 192. The van der Waals surface area contributed by atoms with E-state index < -0.39 is 4.46 Å². The molecule has 68 valence electrons. The number of nitriles is 1. The molecule has 0 spiro atoms. The quantitative estimate of drug-likeness (QED) is 0.530. The average molecular weight is 207 g/mol. The summed E-state index contributed by atoms with van der Waals surface area (Å²) in [7, 11) is 0. The van der Waals surface area contributed by atoms with Gasteiger partial charge in [0.25, 0.3) is 0 Å². The predicted molar refractivity (Wildman–Crippen MR) is 49.7 cm³/mol. The molecule has 1 saturated carbocycles. The van der Waals surface area contributed by atoms with Crippen molar-refractivity contribution in [1.29, 1.82) is 5.26 Å². The van der Waals surface area contributed by atoms with Crippen LogP contribution in [-0.4, -0.2) is 4.46 Å². The van der Waals surface area contributed by atoms with E-state index in [-0.39, 0.29) is 11.8 Å². The molecular formula is C8H12Cl2N2. The summed E-state index contributed by atoms with van der Waals surface area (Å²) in [6.45, 7) is 0. The monoisotopic (exact) mass is 206 g/mol. The first-order valence-corrected chi connectivity index (χ1v) is 4.87. The fourth-order valence-corrected chi connectivity index (χ4v) is 2.27. The van der Waals surface area contributed by atoms with E-state index in [1.807, 2.05) is 0 Å². The van der Waals surface area contributed by atoms with Crippen LogP contribution < -0.4 is 5.73 Å². The van der Waals surface area contributed by atoms with Gasteiger partial charge in [-0.2, -0.15) is 5.26 Å². The van der Waals surface area contributed by atoms with Crippen LogP contribution in [0.25, 0.3) is 0 Å². The highest BCUT2D eigenvalue weighted by Gasteiger charge is 2.38. The Balaban J connectivity index is 2.67. The van der Waals surface area contributed by atoms with Gasteiger partial charge in [-0.25, -0.2) is 0 Å². The summed E-state index contributed by atoms with van der Waals surface area (Å²) in [6, 6.07) is 2.21. The molecule has 0 heterocycles. The van der Waals surface area contributed by atoms with E-state index in [0.717, 1.165) is 25.7 Å². The molecule has 2 nitrogen and oxygen atoms in total. The Labute approximate surface area is 82.6 Å². The van der Waals surface area contributed by atoms with E-state index in [1.165, 1.54) is 0 Å². The summed E-state index contributed by atoms with van der Waals surface area (Å²) >= 11 is 11.6. The van der Waals surface area contributed by atoms with Crippen LogP contribution >= 0.6 is 23.2 Å². The molecule has 1 fully saturated rings. The zero-order valence-electron chi connectivity index (χ0n) is 6.76. The summed E-state index contributed by atoms with van der Waals surface area (Å²) in [5.74, 6) is -0.140. The summed E-state index contributed by atoms with van der Waals surface area (Å²) < 4.78 is -1.24. The Hall–Kier alpha value is 0.0300. The maximum Gasteiger partial charge on any atom is 0.170 e. The van der Waals surface area contributed by atoms with E-state index >= 15 is 0 Å². The topological polar surface area (TPSA) is 49.8 Å². The smallest absolute Gasteiger partial charge is 0.170 e. The second kappa shape index (κ2) is 3.83. The van der Waals surface area contributed by atoms with Crippen LogP contribution in [0.15, 0.2) is 0 Å². The van der Waals surface area contributed by atoms with E-state index in [1.54, 1.807) is 0 Å². The standard InChI is InChI=1S/C8H12Cl2N2/c9-8(10,12)7-4-2-1-3-6(7)5-11/h6-7H,1-4,12H2. The molecule has 0 aliphatic heterocycles. The molecular weight excluding hydrogens is 195 g/mol. The number of hydrogen-bond donors (Lipinski definition) is 1. The maximum atomic E-state index is 8.80. The molecule has 0 aromatic rings. The molecule has 1 aliphatic rings. The third-order valence-corrected chi connectivity index (χ3v) is 2.99. The molecule has 0 saturated heterocycles. The molecule has 0 aromatic carbocycles. The van der Waals surface area contributed by atoms with Crippen molar-refractivity contribution in [3.05, 3.63) is 0 Å². The number of halogens is 2. The average Bonchev–Trinajstić information content (AvgIpc) is 2.03. The Kier molecular flexibility index (Phi) is 3.22. The van der Waals surface area contributed by atoms with Gasteiger partial charge in [0.05, 0.1) is 12.0 Å². The van der Waals surface area contributed by atoms with Crippen molar-refractivity contribution in [2.24, 2.45) is 17.6 Å². The normalized spacial score (nSPS) is 31.2. The molecule has 0 aromatic heterocycles. The molecule has 0 bridgehead atoms.